The molecule has 0 amide bonds. The van der Waals surface area contributed by atoms with E-state index in [2.05, 4.69) is 0 Å². The molecule has 0 atom stereocenters. The van der Waals surface area contributed by atoms with Gasteiger partial charge in [0, 0.05) is 22.6 Å². The molecule has 0 aliphatic carbocycles. The second-order valence-corrected chi connectivity index (χ2v) is 6.97. The van der Waals surface area contributed by atoms with E-state index in [0.29, 0.717) is 11.1 Å². The normalized spacial score (nSPS) is 15.6. The highest BCUT2D eigenvalue weighted by molar-refractivity contribution is 5.87. The number of phenolic OH excluding ortho intramolecular Hbond substituents is 2. The van der Waals surface area contributed by atoms with Gasteiger partial charge in [0.15, 0.2) is 0 Å². The van der Waals surface area contributed by atoms with Crippen molar-refractivity contribution in [1.29, 1.82) is 0 Å². The molecule has 0 saturated heterocycles. The summed E-state index contributed by atoms with van der Waals surface area (Å²) in [7, 11) is 0. The Balaban J connectivity index is 1.91. The number of ether oxygens (including phenoxy) is 1. The maximum Gasteiger partial charge on any atom is 0.344 e. The van der Waals surface area contributed by atoms with Crippen molar-refractivity contribution in [1.82, 2.24) is 0 Å². The molecule has 0 saturated carbocycles. The van der Waals surface area contributed by atoms with Crippen molar-refractivity contribution >= 4 is 11.0 Å². The molecule has 2 aromatic carbocycles. The minimum Gasteiger partial charge on any atom is -0.508 e. The third-order valence-electron chi connectivity index (χ3n) is 4.60. The summed E-state index contributed by atoms with van der Waals surface area (Å²) in [4.78, 5) is 12.5. The SMILES string of the molecule is CC1(C)CCc2c(ccc3cc(-c4ccc(O)cc4O)c(=O)oc23)O1. The molecule has 128 valence electrons. The monoisotopic (exact) mass is 338 g/mol. The summed E-state index contributed by atoms with van der Waals surface area (Å²) in [5.74, 6) is 0.502. The summed E-state index contributed by atoms with van der Waals surface area (Å²) in [5.41, 5.74) is 1.23. The fourth-order valence-electron chi connectivity index (χ4n) is 3.27. The molecule has 2 N–H and O–H groups in total. The van der Waals surface area contributed by atoms with E-state index in [1.165, 1.54) is 18.2 Å². The van der Waals surface area contributed by atoms with E-state index in [1.54, 1.807) is 6.07 Å². The molecule has 1 aliphatic rings. The van der Waals surface area contributed by atoms with E-state index in [-0.39, 0.29) is 22.7 Å². The number of fused-ring (bicyclic) bond motifs is 3. The van der Waals surface area contributed by atoms with Gasteiger partial charge in [0.05, 0.1) is 5.56 Å². The molecule has 0 unspecified atom stereocenters. The van der Waals surface area contributed by atoms with Crippen LogP contribution in [0.2, 0.25) is 0 Å². The number of benzene rings is 2. The molecular weight excluding hydrogens is 320 g/mol. The van der Waals surface area contributed by atoms with Crippen LogP contribution in [-0.2, 0) is 6.42 Å². The van der Waals surface area contributed by atoms with Gasteiger partial charge in [-0.3, -0.25) is 0 Å². The summed E-state index contributed by atoms with van der Waals surface area (Å²) >= 11 is 0. The van der Waals surface area contributed by atoms with Crippen LogP contribution in [0.5, 0.6) is 17.2 Å². The highest BCUT2D eigenvalue weighted by Crippen LogP contribution is 2.38. The lowest BCUT2D eigenvalue weighted by Crippen LogP contribution is -2.32. The first-order valence-electron chi connectivity index (χ1n) is 8.15. The summed E-state index contributed by atoms with van der Waals surface area (Å²) in [6.45, 7) is 4.07. The van der Waals surface area contributed by atoms with Gasteiger partial charge in [-0.2, -0.15) is 0 Å². The Kier molecular flexibility index (Phi) is 3.29. The van der Waals surface area contributed by atoms with Crippen LogP contribution in [0.4, 0.5) is 0 Å². The maximum atomic E-state index is 12.5. The van der Waals surface area contributed by atoms with E-state index in [4.69, 9.17) is 9.15 Å². The van der Waals surface area contributed by atoms with Crippen LogP contribution in [-0.4, -0.2) is 15.8 Å². The molecule has 5 nitrogen and oxygen atoms in total. The quantitative estimate of drug-likeness (QED) is 0.656. The van der Waals surface area contributed by atoms with Crippen molar-refractivity contribution in [3.8, 4) is 28.4 Å². The van der Waals surface area contributed by atoms with Gasteiger partial charge < -0.3 is 19.4 Å². The average Bonchev–Trinajstić information content (AvgIpc) is 2.53. The Morgan fingerprint density at radius 2 is 1.84 bits per heavy atom. The van der Waals surface area contributed by atoms with Gasteiger partial charge in [0.25, 0.3) is 0 Å². The zero-order valence-corrected chi connectivity index (χ0v) is 14.0. The van der Waals surface area contributed by atoms with Crippen LogP contribution < -0.4 is 10.4 Å². The van der Waals surface area contributed by atoms with Gasteiger partial charge in [0.2, 0.25) is 0 Å². The predicted molar refractivity (Wildman–Crippen MR) is 94.3 cm³/mol. The zero-order chi connectivity index (χ0) is 17.8. The Hall–Kier alpha value is -2.95. The molecule has 0 bridgehead atoms. The molecule has 1 aromatic heterocycles. The number of aryl methyl sites for hydroxylation is 1. The van der Waals surface area contributed by atoms with Crippen LogP contribution in [0, 0.1) is 0 Å². The maximum absolute atomic E-state index is 12.5. The number of hydrogen-bond donors (Lipinski definition) is 2. The third-order valence-corrected chi connectivity index (χ3v) is 4.60. The molecule has 0 radical (unpaired) electrons. The molecule has 25 heavy (non-hydrogen) atoms. The third kappa shape index (κ3) is 2.61. The molecule has 4 rings (SSSR count). The first-order valence-corrected chi connectivity index (χ1v) is 8.15. The smallest absolute Gasteiger partial charge is 0.344 e. The highest BCUT2D eigenvalue weighted by Gasteiger charge is 2.28. The molecule has 0 spiro atoms. The van der Waals surface area contributed by atoms with Crippen LogP contribution in [0.25, 0.3) is 22.1 Å². The Labute approximate surface area is 144 Å². The largest absolute Gasteiger partial charge is 0.508 e. The lowest BCUT2D eigenvalue weighted by molar-refractivity contribution is 0.0849. The Morgan fingerprint density at radius 1 is 1.04 bits per heavy atom. The van der Waals surface area contributed by atoms with Crippen LogP contribution >= 0.6 is 0 Å². The van der Waals surface area contributed by atoms with Gasteiger partial charge >= 0.3 is 5.63 Å². The fraction of sp³-hybridized carbons (Fsp3) is 0.250. The van der Waals surface area contributed by atoms with Gasteiger partial charge in [-0.15, -0.1) is 0 Å². The predicted octanol–water partition coefficient (Wildman–Crippen LogP) is 3.97. The summed E-state index contributed by atoms with van der Waals surface area (Å²) in [6, 6.07) is 9.54. The van der Waals surface area contributed by atoms with Gasteiger partial charge in [-0.05, 0) is 57.0 Å². The van der Waals surface area contributed by atoms with Crippen molar-refractivity contribution < 1.29 is 19.4 Å². The topological polar surface area (TPSA) is 79.9 Å². The second-order valence-electron chi connectivity index (χ2n) is 6.97. The Bertz CT molecular complexity index is 1050. The van der Waals surface area contributed by atoms with Crippen molar-refractivity contribution in [3.05, 3.63) is 52.4 Å². The van der Waals surface area contributed by atoms with E-state index in [9.17, 15) is 15.0 Å². The number of aromatic hydroxyl groups is 2. The van der Waals surface area contributed by atoms with Crippen LogP contribution in [0.3, 0.4) is 0 Å². The standard InChI is InChI=1S/C20H18O5/c1-20(2)8-7-14-17(25-20)6-3-11-9-15(19(23)24-18(11)14)13-5-4-12(21)10-16(13)22/h3-6,9-10,21-22H,7-8H2,1-2H3. The highest BCUT2D eigenvalue weighted by atomic mass is 16.5. The van der Waals surface area contributed by atoms with Crippen molar-refractivity contribution in [2.45, 2.75) is 32.3 Å². The second kappa shape index (κ2) is 5.28. The number of rotatable bonds is 1. The van der Waals surface area contributed by atoms with Crippen molar-refractivity contribution in [3.63, 3.8) is 0 Å². The first kappa shape index (κ1) is 15.6. The van der Waals surface area contributed by atoms with Gasteiger partial charge in [-0.25, -0.2) is 4.79 Å². The summed E-state index contributed by atoms with van der Waals surface area (Å²) in [6.07, 6.45) is 1.61. The van der Waals surface area contributed by atoms with Gasteiger partial charge in [0.1, 0.15) is 28.4 Å². The summed E-state index contributed by atoms with van der Waals surface area (Å²) in [5, 5.41) is 20.2. The molecule has 1 aliphatic heterocycles. The molecule has 2 heterocycles. The lowest BCUT2D eigenvalue weighted by Gasteiger charge is -2.32. The van der Waals surface area contributed by atoms with Crippen LogP contribution in [0.1, 0.15) is 25.8 Å². The summed E-state index contributed by atoms with van der Waals surface area (Å²) < 4.78 is 11.6. The Morgan fingerprint density at radius 3 is 2.60 bits per heavy atom. The fourth-order valence-corrected chi connectivity index (χ4v) is 3.27. The minimum atomic E-state index is -0.535. The van der Waals surface area contributed by atoms with Gasteiger partial charge in [-0.1, -0.05) is 0 Å². The first-order chi connectivity index (χ1) is 11.8. The lowest BCUT2D eigenvalue weighted by atomic mass is 9.93. The average molecular weight is 338 g/mol. The molecule has 3 aromatic rings. The minimum absolute atomic E-state index is 0.0692. The molecular formula is C20H18O5. The van der Waals surface area contributed by atoms with E-state index in [0.717, 1.165) is 29.5 Å². The van der Waals surface area contributed by atoms with E-state index >= 15 is 0 Å². The van der Waals surface area contributed by atoms with Crippen molar-refractivity contribution in [2.24, 2.45) is 0 Å². The van der Waals surface area contributed by atoms with Crippen molar-refractivity contribution in [2.75, 3.05) is 0 Å². The van der Waals surface area contributed by atoms with E-state index in [1.807, 2.05) is 26.0 Å². The molecule has 5 heteroatoms. The number of hydrogen-bond acceptors (Lipinski definition) is 5. The van der Waals surface area contributed by atoms with E-state index < -0.39 is 5.63 Å². The zero-order valence-electron chi connectivity index (χ0n) is 14.0. The number of phenols is 2. The van der Waals surface area contributed by atoms with Crippen LogP contribution in [0.15, 0.2) is 45.6 Å². The molecule has 0 fully saturated rings.